The van der Waals surface area contributed by atoms with Crippen LogP contribution >= 0.6 is 15.9 Å². The van der Waals surface area contributed by atoms with E-state index in [1.165, 1.54) is 4.31 Å². The van der Waals surface area contributed by atoms with Crippen LogP contribution in [-0.4, -0.2) is 54.4 Å². The second kappa shape index (κ2) is 3.41. The molecule has 16 heavy (non-hydrogen) atoms. The minimum absolute atomic E-state index is 0.0697. The summed E-state index contributed by atoms with van der Waals surface area (Å²) in [6, 6.07) is -0.145. The van der Waals surface area contributed by atoms with Crippen molar-refractivity contribution in [2.75, 3.05) is 7.05 Å². The molecule has 2 bridgehead atoms. The Labute approximate surface area is 103 Å². The highest BCUT2D eigenvalue weighted by molar-refractivity contribution is 9.09. The Hall–Kier alpha value is 0.310. The van der Waals surface area contributed by atoms with E-state index in [1.807, 2.05) is 6.92 Å². The fourth-order valence-electron chi connectivity index (χ4n) is 3.10. The molecular formula is C9H14BrNO4S. The second-order valence-corrected chi connectivity index (χ2v) is 8.11. The van der Waals surface area contributed by atoms with Crippen LogP contribution in [0.25, 0.3) is 0 Å². The van der Waals surface area contributed by atoms with E-state index in [4.69, 9.17) is 9.47 Å². The first-order valence-corrected chi connectivity index (χ1v) is 7.76. The van der Waals surface area contributed by atoms with Crippen LogP contribution in [0.5, 0.6) is 0 Å². The minimum Gasteiger partial charge on any atom is -0.369 e. The van der Waals surface area contributed by atoms with Gasteiger partial charge in [0.25, 0.3) is 0 Å². The van der Waals surface area contributed by atoms with Gasteiger partial charge >= 0.3 is 0 Å². The maximum atomic E-state index is 12.0. The molecule has 0 radical (unpaired) electrons. The van der Waals surface area contributed by atoms with Crippen LogP contribution in [0.1, 0.15) is 13.3 Å². The molecule has 5 nitrogen and oxygen atoms in total. The molecule has 0 saturated carbocycles. The zero-order valence-electron chi connectivity index (χ0n) is 9.04. The summed E-state index contributed by atoms with van der Waals surface area (Å²) < 4.78 is 36.9. The van der Waals surface area contributed by atoms with E-state index in [1.54, 1.807) is 7.05 Å². The zero-order chi connectivity index (χ0) is 11.7. The lowest BCUT2D eigenvalue weighted by Crippen LogP contribution is -2.45. The van der Waals surface area contributed by atoms with Gasteiger partial charge in [0.05, 0.1) is 18.2 Å². The molecule has 0 aromatic rings. The van der Waals surface area contributed by atoms with Gasteiger partial charge in [-0.3, -0.25) is 0 Å². The molecule has 3 saturated heterocycles. The van der Waals surface area contributed by atoms with Gasteiger partial charge in [0, 0.05) is 7.05 Å². The van der Waals surface area contributed by atoms with E-state index in [0.29, 0.717) is 6.42 Å². The average molecular weight is 312 g/mol. The van der Waals surface area contributed by atoms with Crippen molar-refractivity contribution in [1.29, 1.82) is 0 Å². The van der Waals surface area contributed by atoms with Gasteiger partial charge in [-0.2, -0.15) is 4.31 Å². The van der Waals surface area contributed by atoms with E-state index < -0.39 is 10.0 Å². The summed E-state index contributed by atoms with van der Waals surface area (Å²) in [5.41, 5.74) is 0. The van der Waals surface area contributed by atoms with Crippen molar-refractivity contribution < 1.29 is 17.9 Å². The number of hydrogen-bond donors (Lipinski definition) is 0. The largest absolute Gasteiger partial charge is 0.369 e. The lowest BCUT2D eigenvalue weighted by molar-refractivity contribution is -0.0160. The van der Waals surface area contributed by atoms with Crippen molar-refractivity contribution in [2.45, 2.75) is 48.0 Å². The van der Waals surface area contributed by atoms with E-state index in [2.05, 4.69) is 15.9 Å². The third-order valence-electron chi connectivity index (χ3n) is 3.75. The van der Waals surface area contributed by atoms with Crippen molar-refractivity contribution in [3.05, 3.63) is 0 Å². The molecule has 0 aliphatic carbocycles. The van der Waals surface area contributed by atoms with Gasteiger partial charge < -0.3 is 9.47 Å². The second-order valence-electron chi connectivity index (χ2n) is 4.61. The number of likely N-dealkylation sites (N-methyl/N-ethyl adjacent to an activating group) is 1. The molecule has 0 amide bonds. The lowest BCUT2D eigenvalue weighted by Gasteiger charge is -2.26. The summed E-state index contributed by atoms with van der Waals surface area (Å²) in [4.78, 5) is 0. The molecule has 3 rings (SSSR count). The summed E-state index contributed by atoms with van der Waals surface area (Å²) in [5, 5.41) is -0.436. The number of sulfonamides is 1. The molecule has 6 atom stereocenters. The van der Waals surface area contributed by atoms with Crippen molar-refractivity contribution >= 4 is 26.0 Å². The maximum absolute atomic E-state index is 12.0. The summed E-state index contributed by atoms with van der Waals surface area (Å²) >= 11 is 3.33. The van der Waals surface area contributed by atoms with Gasteiger partial charge in [0.15, 0.2) is 0 Å². The van der Waals surface area contributed by atoms with Gasteiger partial charge in [-0.1, -0.05) is 15.9 Å². The fourth-order valence-corrected chi connectivity index (χ4v) is 5.35. The third-order valence-corrected chi connectivity index (χ3v) is 6.24. The smallest absolute Gasteiger partial charge is 0.219 e. The topological polar surface area (TPSA) is 55.8 Å². The summed E-state index contributed by atoms with van der Waals surface area (Å²) in [6.07, 6.45) is 0.159. The molecular weight excluding hydrogens is 298 g/mol. The quantitative estimate of drug-likeness (QED) is 0.688. The molecule has 7 heteroatoms. The Balaban J connectivity index is 1.94. The van der Waals surface area contributed by atoms with E-state index in [-0.39, 0.29) is 34.6 Å². The number of fused-ring (bicyclic) bond motifs is 1. The van der Waals surface area contributed by atoms with Crippen molar-refractivity contribution in [1.82, 2.24) is 4.31 Å². The van der Waals surface area contributed by atoms with Gasteiger partial charge in [-0.05, 0) is 13.3 Å². The summed E-state index contributed by atoms with van der Waals surface area (Å²) in [7, 11) is -1.54. The van der Waals surface area contributed by atoms with E-state index >= 15 is 0 Å². The zero-order valence-corrected chi connectivity index (χ0v) is 11.4. The standard InChI is InChI=1S/C9H14BrNO4S/c1-4(10)14-8-5-3-6-9(15-5)7(8)11(2)16(6,12)13/h4-9H,3H2,1-2H3. The van der Waals surface area contributed by atoms with Gasteiger partial charge in [0.2, 0.25) is 10.0 Å². The third kappa shape index (κ3) is 1.29. The summed E-state index contributed by atoms with van der Waals surface area (Å²) in [5.74, 6) is 0. The Morgan fingerprint density at radius 2 is 2.25 bits per heavy atom. The van der Waals surface area contributed by atoms with Gasteiger partial charge in [-0.15, -0.1) is 0 Å². The first-order chi connectivity index (χ1) is 7.43. The number of alkyl halides is 1. The normalized spacial score (nSPS) is 51.1. The highest BCUT2D eigenvalue weighted by Crippen LogP contribution is 2.49. The molecule has 92 valence electrons. The lowest BCUT2D eigenvalue weighted by atomic mass is 9.92. The fraction of sp³-hybridized carbons (Fsp3) is 1.00. The van der Waals surface area contributed by atoms with Crippen LogP contribution in [0.2, 0.25) is 0 Å². The Morgan fingerprint density at radius 3 is 2.88 bits per heavy atom. The Kier molecular flexibility index (Phi) is 2.43. The molecule has 6 unspecified atom stereocenters. The van der Waals surface area contributed by atoms with Crippen molar-refractivity contribution in [3.63, 3.8) is 0 Å². The molecule has 0 spiro atoms. The maximum Gasteiger partial charge on any atom is 0.219 e. The number of ether oxygens (including phenoxy) is 2. The first-order valence-electron chi connectivity index (χ1n) is 5.35. The summed E-state index contributed by atoms with van der Waals surface area (Å²) in [6.45, 7) is 1.88. The number of nitrogens with zero attached hydrogens (tertiary/aromatic N) is 1. The predicted octanol–water partition coefficient (Wildman–Crippen LogP) is 0.296. The van der Waals surface area contributed by atoms with E-state index in [0.717, 1.165) is 0 Å². The highest BCUT2D eigenvalue weighted by Gasteiger charge is 2.67. The first kappa shape index (κ1) is 11.4. The molecule has 0 N–H and O–H groups in total. The molecule has 3 aliphatic heterocycles. The van der Waals surface area contributed by atoms with Crippen molar-refractivity contribution in [2.24, 2.45) is 0 Å². The molecule has 0 aromatic carbocycles. The van der Waals surface area contributed by atoms with Crippen LogP contribution in [0, 0.1) is 0 Å². The SMILES string of the molecule is CC(Br)OC1C2CC3C(O2)C1N(C)S3(=O)=O. The highest BCUT2D eigenvalue weighted by atomic mass is 79.9. The number of rotatable bonds is 2. The minimum atomic E-state index is -3.17. The predicted molar refractivity (Wildman–Crippen MR) is 60.8 cm³/mol. The number of halogens is 1. The van der Waals surface area contributed by atoms with Crippen LogP contribution < -0.4 is 0 Å². The molecule has 0 aromatic heterocycles. The monoisotopic (exact) mass is 311 g/mol. The van der Waals surface area contributed by atoms with Crippen LogP contribution in [-0.2, 0) is 19.5 Å². The van der Waals surface area contributed by atoms with Crippen LogP contribution in [0.15, 0.2) is 0 Å². The van der Waals surface area contributed by atoms with Crippen LogP contribution in [0.3, 0.4) is 0 Å². The average Bonchev–Trinajstić information content (AvgIpc) is 2.75. The van der Waals surface area contributed by atoms with E-state index in [9.17, 15) is 8.42 Å². The van der Waals surface area contributed by atoms with Gasteiger partial charge in [-0.25, -0.2) is 8.42 Å². The van der Waals surface area contributed by atoms with Crippen LogP contribution in [0.4, 0.5) is 0 Å². The number of hydrogen-bond acceptors (Lipinski definition) is 4. The molecule has 3 heterocycles. The Morgan fingerprint density at radius 1 is 1.56 bits per heavy atom. The van der Waals surface area contributed by atoms with Gasteiger partial charge in [0.1, 0.15) is 16.4 Å². The molecule has 3 fully saturated rings. The van der Waals surface area contributed by atoms with Crippen molar-refractivity contribution in [3.8, 4) is 0 Å². The molecule has 3 aliphatic rings. The Bertz CT molecular complexity index is 412.